The number of aliphatic hydroxyl groups is 7. The highest BCUT2D eigenvalue weighted by atomic mass is 16.8. The summed E-state index contributed by atoms with van der Waals surface area (Å²) in [6.07, 6.45) is -17.1. The summed E-state index contributed by atoms with van der Waals surface area (Å²) < 4.78 is 89.7. The predicted octanol–water partition coefficient (Wildman–Crippen LogP) is 7.60. The molecule has 0 amide bonds. The Morgan fingerprint density at radius 3 is 1.74 bits per heavy atom. The number of hydrogen-bond donors (Lipinski definition) is 7. The van der Waals surface area contributed by atoms with Crippen molar-refractivity contribution in [1.82, 2.24) is 0 Å². The van der Waals surface area contributed by atoms with Crippen LogP contribution in [0.3, 0.4) is 0 Å². The van der Waals surface area contributed by atoms with E-state index < -0.39 is 183 Å². The third-order valence-electron chi connectivity index (χ3n) is 19.6. The van der Waals surface area contributed by atoms with Crippen molar-refractivity contribution in [2.24, 2.45) is 5.92 Å². The lowest BCUT2D eigenvalue weighted by atomic mass is 9.95. The summed E-state index contributed by atoms with van der Waals surface area (Å²) in [5.74, 6) is -3.81. The van der Waals surface area contributed by atoms with Gasteiger partial charge in [0.05, 0.1) is 42.5 Å². The van der Waals surface area contributed by atoms with Crippen LogP contribution in [0.1, 0.15) is 222 Å². The molecule has 0 unspecified atom stereocenters. The fourth-order valence-electron chi connectivity index (χ4n) is 13.3. The van der Waals surface area contributed by atoms with E-state index in [-0.39, 0.29) is 25.4 Å². The van der Waals surface area contributed by atoms with Crippen LogP contribution in [0.5, 0.6) is 0 Å². The number of carbonyl (C=O) groups is 4. The standard InChI is InChI=1S/C72H116O25/c1-10-13-15-16-17-18-21-24-31-37-49(73)90-59-44(7)86-69(57(81)62(59)92-51(75)40-39-47-33-28-26-29-34-47)94-61-46(9)88-72(66(93-67(83)41(4)12-3)65(61)97-68-56(80)54(78)52(76)42(5)84-68)95-60-45(8)87-70-58(82)63(60)91-50(74)38-32-25-22-19-20-23-30-36-48(35-27-14-11-2)89-71-64(96-70)55(79)53(77)43(6)85-71/h26,28-29,33-34,39-46,48,52-66,68-72,76-82H,10-25,27,30-32,35-38H2,1-9H3/b40-39+/t41-,42-,43+,44-,45-,46-,48-,52-,53-,54+,55-,56+,57+,58+,59-,60-,61-,62-,63-,64+,65+,66+,68-,69-,70-,71-,72-/m0/s1. The number of ether oxygens (including phenoxy) is 14. The molecular formula is C72H116O25. The molecular weight excluding hydrogens is 1260 g/mol. The summed E-state index contributed by atoms with van der Waals surface area (Å²) in [5, 5.41) is 81.7. The van der Waals surface area contributed by atoms with E-state index in [2.05, 4.69) is 13.8 Å². The molecule has 0 spiro atoms. The molecule has 2 bridgehead atoms. The fraction of sp³-hybridized carbons (Fsp3) is 0.833. The molecule has 1 aromatic rings. The molecule has 1 aromatic carbocycles. The Morgan fingerprint density at radius 1 is 0.495 bits per heavy atom. The Balaban J connectivity index is 1.22. The van der Waals surface area contributed by atoms with Crippen molar-refractivity contribution >= 4 is 30.0 Å². The molecule has 7 rings (SSSR count). The average molecular weight is 1380 g/mol. The molecule has 0 aromatic heterocycles. The van der Waals surface area contributed by atoms with E-state index >= 15 is 0 Å². The Kier molecular flexibility index (Phi) is 33.8. The van der Waals surface area contributed by atoms with E-state index in [1.807, 2.05) is 6.07 Å². The van der Waals surface area contributed by atoms with Crippen LogP contribution in [-0.4, -0.2) is 219 Å². The second-order valence-corrected chi connectivity index (χ2v) is 27.5. The zero-order chi connectivity index (χ0) is 70.3. The van der Waals surface area contributed by atoms with Crippen molar-refractivity contribution in [2.75, 3.05) is 0 Å². The van der Waals surface area contributed by atoms with Crippen molar-refractivity contribution in [3.63, 3.8) is 0 Å². The number of carbonyl (C=O) groups excluding carboxylic acids is 4. The lowest BCUT2D eigenvalue weighted by molar-refractivity contribution is -0.399. The van der Waals surface area contributed by atoms with Gasteiger partial charge in [-0.25, -0.2) is 4.79 Å². The maximum atomic E-state index is 14.4. The molecule has 6 fully saturated rings. The molecule has 25 heteroatoms. The molecule has 6 aliphatic rings. The lowest BCUT2D eigenvalue weighted by Crippen LogP contribution is -2.68. The van der Waals surface area contributed by atoms with Crippen LogP contribution in [0.15, 0.2) is 36.4 Å². The van der Waals surface area contributed by atoms with Gasteiger partial charge in [0.25, 0.3) is 0 Å². The zero-order valence-electron chi connectivity index (χ0n) is 58.6. The molecule has 97 heavy (non-hydrogen) atoms. The largest absolute Gasteiger partial charge is 0.456 e. The SMILES string of the molecule is CCCCCCCCCCCC(=O)O[C@@H]1[C@@H](OC(=O)/C=C/c2ccccc2)[C@@H](O)[C@H](O[C@@H]2[C@@H](O[C@@H]3O[C@@H](C)[C@H](O)[C@@H](O)[C@H]3O)[C@@H](OC(=O)[C@@H](C)CC)[C@H](O[C@@H]3[C@H]4OC(=O)CCCCCCCCC[C@H](CCCCC)O[C@@H]5O[C@H](C)[C@H](O)[C@H](O)[C@H]5O[C@H](O[C@H]3C)[C@@H]4O)O[C@H]2C)O[C@H]1C. The lowest BCUT2D eigenvalue weighted by Gasteiger charge is -2.51. The molecule has 6 heterocycles. The number of unbranched alkanes of at least 4 members (excludes halogenated alkanes) is 10. The van der Waals surface area contributed by atoms with Crippen LogP contribution in [0.2, 0.25) is 0 Å². The predicted molar refractivity (Wildman–Crippen MR) is 350 cm³/mol. The number of rotatable bonds is 27. The van der Waals surface area contributed by atoms with E-state index in [0.717, 1.165) is 102 Å². The molecule has 554 valence electrons. The fourth-order valence-corrected chi connectivity index (χ4v) is 13.3. The number of hydrogen-bond acceptors (Lipinski definition) is 25. The van der Waals surface area contributed by atoms with Crippen LogP contribution >= 0.6 is 0 Å². The Hall–Kier alpha value is -3.84. The highest BCUT2D eigenvalue weighted by molar-refractivity contribution is 5.87. The molecule has 6 saturated heterocycles. The first-order valence-electron chi connectivity index (χ1n) is 36.4. The van der Waals surface area contributed by atoms with Crippen molar-refractivity contribution in [3.05, 3.63) is 42.0 Å². The number of esters is 4. The normalized spacial score (nSPS) is 38.5. The minimum absolute atomic E-state index is 0.0429. The molecule has 7 N–H and O–H groups in total. The summed E-state index contributed by atoms with van der Waals surface area (Å²) in [7, 11) is 0. The van der Waals surface area contributed by atoms with E-state index in [0.29, 0.717) is 31.2 Å². The van der Waals surface area contributed by atoms with Gasteiger partial charge in [-0.3, -0.25) is 14.4 Å². The van der Waals surface area contributed by atoms with Crippen LogP contribution < -0.4 is 0 Å². The molecule has 0 radical (unpaired) electrons. The average Bonchev–Trinajstić information content (AvgIpc) is 0.772. The topological polar surface area (TPSA) is 339 Å². The Morgan fingerprint density at radius 2 is 1.05 bits per heavy atom. The van der Waals surface area contributed by atoms with Crippen molar-refractivity contribution in [3.8, 4) is 0 Å². The van der Waals surface area contributed by atoms with E-state index in [4.69, 9.17) is 66.3 Å². The van der Waals surface area contributed by atoms with Gasteiger partial charge in [-0.05, 0) is 78.4 Å². The molecule has 6 aliphatic heterocycles. The molecule has 25 nitrogen and oxygen atoms in total. The summed E-state index contributed by atoms with van der Waals surface area (Å²) in [5.41, 5.74) is 0.669. The van der Waals surface area contributed by atoms with Crippen LogP contribution in [0.25, 0.3) is 6.08 Å². The third-order valence-corrected chi connectivity index (χ3v) is 19.6. The van der Waals surface area contributed by atoms with Crippen LogP contribution in [-0.2, 0) is 85.5 Å². The van der Waals surface area contributed by atoms with Gasteiger partial charge in [0.15, 0.2) is 55.9 Å². The zero-order valence-corrected chi connectivity index (χ0v) is 58.6. The van der Waals surface area contributed by atoms with Gasteiger partial charge in [0, 0.05) is 18.9 Å². The smallest absolute Gasteiger partial charge is 0.331 e. The van der Waals surface area contributed by atoms with Crippen molar-refractivity contribution in [1.29, 1.82) is 0 Å². The Labute approximate surface area is 573 Å². The molecule has 0 aliphatic carbocycles. The van der Waals surface area contributed by atoms with Gasteiger partial charge in [-0.2, -0.15) is 0 Å². The van der Waals surface area contributed by atoms with E-state index in [9.17, 15) is 54.9 Å². The van der Waals surface area contributed by atoms with Crippen LogP contribution in [0, 0.1) is 5.92 Å². The van der Waals surface area contributed by atoms with Gasteiger partial charge < -0.3 is 102 Å². The maximum Gasteiger partial charge on any atom is 0.331 e. The Bertz CT molecular complexity index is 2490. The monoisotopic (exact) mass is 1380 g/mol. The second-order valence-electron chi connectivity index (χ2n) is 27.5. The van der Waals surface area contributed by atoms with E-state index in [1.54, 1.807) is 58.9 Å². The van der Waals surface area contributed by atoms with Crippen molar-refractivity contribution in [2.45, 2.75) is 376 Å². The van der Waals surface area contributed by atoms with Gasteiger partial charge in [0.1, 0.15) is 67.1 Å². The van der Waals surface area contributed by atoms with Crippen molar-refractivity contribution < 1.29 is 121 Å². The molecule has 0 saturated carbocycles. The quantitative estimate of drug-likeness (QED) is 0.0193. The summed E-state index contributed by atoms with van der Waals surface area (Å²) in [4.78, 5) is 56.0. The maximum absolute atomic E-state index is 14.4. The van der Waals surface area contributed by atoms with E-state index in [1.165, 1.54) is 32.8 Å². The summed E-state index contributed by atoms with van der Waals surface area (Å²) in [6, 6.07) is 8.93. The second kappa shape index (κ2) is 40.7. The van der Waals surface area contributed by atoms with Gasteiger partial charge in [-0.15, -0.1) is 0 Å². The third kappa shape index (κ3) is 23.3. The summed E-state index contributed by atoms with van der Waals surface area (Å²) >= 11 is 0. The number of fused-ring (bicyclic) bond motifs is 3. The first kappa shape index (κ1) is 80.5. The first-order chi connectivity index (χ1) is 46.5. The van der Waals surface area contributed by atoms with Crippen LogP contribution in [0.4, 0.5) is 0 Å². The molecule has 27 atom stereocenters. The minimum Gasteiger partial charge on any atom is -0.456 e. The minimum atomic E-state index is -1.95. The van der Waals surface area contributed by atoms with Gasteiger partial charge in [-0.1, -0.05) is 167 Å². The van der Waals surface area contributed by atoms with Gasteiger partial charge >= 0.3 is 23.9 Å². The summed E-state index contributed by atoms with van der Waals surface area (Å²) in [6.45, 7) is 15.3. The number of aliphatic hydroxyl groups excluding tert-OH is 7. The highest BCUT2D eigenvalue weighted by Gasteiger charge is 2.59. The van der Waals surface area contributed by atoms with Gasteiger partial charge in [0.2, 0.25) is 0 Å². The first-order valence-corrected chi connectivity index (χ1v) is 36.4. The number of benzene rings is 1. The highest BCUT2D eigenvalue weighted by Crippen LogP contribution is 2.40.